The number of rotatable bonds is 1. The summed E-state index contributed by atoms with van der Waals surface area (Å²) in [5, 5.41) is 5.10. The van der Waals surface area contributed by atoms with Crippen LogP contribution in [0, 0.1) is 0 Å². The summed E-state index contributed by atoms with van der Waals surface area (Å²) in [5.74, 6) is 0. The van der Waals surface area contributed by atoms with Crippen molar-refractivity contribution in [3.05, 3.63) is 138 Å². The summed E-state index contributed by atoms with van der Waals surface area (Å²) in [5.41, 5.74) is 9.05. The van der Waals surface area contributed by atoms with Gasteiger partial charge in [-0.3, -0.25) is 9.36 Å². The summed E-state index contributed by atoms with van der Waals surface area (Å²) < 4.78 is 1.98. The van der Waals surface area contributed by atoms with Crippen molar-refractivity contribution in [2.75, 3.05) is 4.90 Å². The molecule has 9 rings (SSSR count). The summed E-state index contributed by atoms with van der Waals surface area (Å²) in [6.45, 7) is 0.0355. The number of benzene rings is 6. The number of anilines is 3. The van der Waals surface area contributed by atoms with Crippen molar-refractivity contribution in [2.45, 2.75) is 0 Å². The van der Waals surface area contributed by atoms with Gasteiger partial charge in [-0.15, -0.1) is 0 Å². The Bertz CT molecular complexity index is 2220. The van der Waals surface area contributed by atoms with Crippen molar-refractivity contribution in [1.82, 2.24) is 4.57 Å². The third kappa shape index (κ3) is 2.65. The van der Waals surface area contributed by atoms with E-state index in [1.807, 2.05) is 16.7 Å². The highest BCUT2D eigenvalue weighted by Crippen LogP contribution is 2.40. The number of nitrogens with zero attached hydrogens (tertiary/aromatic N) is 2. The van der Waals surface area contributed by atoms with E-state index in [1.54, 1.807) is 0 Å². The molecule has 39 heavy (non-hydrogen) atoms. The summed E-state index contributed by atoms with van der Waals surface area (Å²) in [7, 11) is 0. The highest BCUT2D eigenvalue weighted by molar-refractivity contribution is 7.00. The lowest BCUT2D eigenvalue weighted by Gasteiger charge is -2.40. The van der Waals surface area contributed by atoms with E-state index in [4.69, 9.17) is 0 Å². The van der Waals surface area contributed by atoms with Gasteiger partial charge in [-0.25, -0.2) is 0 Å². The smallest absolute Gasteiger partial charge is 0.263 e. The fourth-order valence-electron chi connectivity index (χ4n) is 6.96. The van der Waals surface area contributed by atoms with E-state index in [2.05, 4.69) is 120 Å². The average molecular weight is 496 g/mol. The fraction of sp³-hybridized carbons (Fsp3) is 0. The molecule has 4 heteroatoms. The maximum absolute atomic E-state index is 14.4. The number of hydrogen-bond acceptors (Lipinski definition) is 2. The Labute approximate surface area is 225 Å². The molecule has 0 saturated carbocycles. The number of aromatic nitrogens is 1. The molecule has 6 aromatic carbocycles. The lowest BCUT2D eigenvalue weighted by molar-refractivity contribution is 1.07. The predicted octanol–water partition coefficient (Wildman–Crippen LogP) is 5.91. The lowest BCUT2D eigenvalue weighted by Crippen LogP contribution is -2.61. The molecule has 2 aliphatic heterocycles. The highest BCUT2D eigenvalue weighted by Gasteiger charge is 2.41. The van der Waals surface area contributed by atoms with Crippen LogP contribution in [-0.4, -0.2) is 11.3 Å². The molecule has 1 aromatic heterocycles. The standard InChI is InChI=1S/C35H21BN2O/c39-35-27-21-23-11-5-4-10-22(23)20-26(27)25-18-19-32-33-34(25)38(35)31-17-9-7-15-29(31)36(33)28-14-6-8-16-30(28)37(32)24-12-2-1-3-13-24/h1-21H. The third-order valence-corrected chi connectivity index (χ3v) is 8.55. The van der Waals surface area contributed by atoms with Crippen LogP contribution in [0.3, 0.4) is 0 Å². The van der Waals surface area contributed by atoms with E-state index < -0.39 is 0 Å². The second-order valence-electron chi connectivity index (χ2n) is 10.5. The Kier molecular flexibility index (Phi) is 4.02. The maximum atomic E-state index is 14.4. The fourth-order valence-corrected chi connectivity index (χ4v) is 6.96. The quantitative estimate of drug-likeness (QED) is 0.160. The van der Waals surface area contributed by atoms with Crippen molar-refractivity contribution in [1.29, 1.82) is 0 Å². The van der Waals surface area contributed by atoms with Crippen LogP contribution in [0.5, 0.6) is 0 Å². The van der Waals surface area contributed by atoms with Gasteiger partial charge in [0.25, 0.3) is 12.3 Å². The molecular weight excluding hydrogens is 475 g/mol. The topological polar surface area (TPSA) is 25.2 Å². The van der Waals surface area contributed by atoms with Gasteiger partial charge in [0.15, 0.2) is 0 Å². The van der Waals surface area contributed by atoms with Crippen LogP contribution in [0.15, 0.2) is 132 Å². The first-order chi connectivity index (χ1) is 19.3. The van der Waals surface area contributed by atoms with Crippen molar-refractivity contribution < 1.29 is 0 Å². The predicted molar refractivity (Wildman–Crippen MR) is 164 cm³/mol. The van der Waals surface area contributed by atoms with Crippen LogP contribution < -0.4 is 26.8 Å². The molecule has 0 fully saturated rings. The molecule has 0 aliphatic carbocycles. The Hall–Kier alpha value is -5.09. The van der Waals surface area contributed by atoms with Gasteiger partial charge >= 0.3 is 0 Å². The van der Waals surface area contributed by atoms with E-state index in [-0.39, 0.29) is 12.3 Å². The molecule has 2 aliphatic rings. The van der Waals surface area contributed by atoms with Gasteiger partial charge in [0.1, 0.15) is 0 Å². The number of hydrogen-bond donors (Lipinski definition) is 0. The number of fused-ring (bicyclic) bond motifs is 8. The molecule has 0 atom stereocenters. The number of pyridine rings is 1. The Morgan fingerprint density at radius 1 is 0.513 bits per heavy atom. The van der Waals surface area contributed by atoms with Gasteiger partial charge in [-0.2, -0.15) is 0 Å². The van der Waals surface area contributed by atoms with Gasteiger partial charge in [-0.1, -0.05) is 84.9 Å². The van der Waals surface area contributed by atoms with Gasteiger partial charge in [0.2, 0.25) is 0 Å². The van der Waals surface area contributed by atoms with E-state index in [1.165, 1.54) is 22.1 Å². The summed E-state index contributed by atoms with van der Waals surface area (Å²) in [4.78, 5) is 16.8. The average Bonchev–Trinajstić information content (AvgIpc) is 3.00. The molecule has 0 saturated heterocycles. The van der Waals surface area contributed by atoms with E-state index in [0.717, 1.165) is 49.5 Å². The van der Waals surface area contributed by atoms with Crippen LogP contribution in [-0.2, 0) is 0 Å². The maximum Gasteiger partial charge on any atom is 0.263 e. The Morgan fingerprint density at radius 3 is 1.90 bits per heavy atom. The van der Waals surface area contributed by atoms with Gasteiger partial charge in [-0.05, 0) is 75.0 Å². The molecule has 0 bridgehead atoms. The van der Waals surface area contributed by atoms with Crippen LogP contribution in [0.4, 0.5) is 17.1 Å². The van der Waals surface area contributed by atoms with E-state index in [9.17, 15) is 4.79 Å². The lowest BCUT2D eigenvalue weighted by atomic mass is 9.33. The van der Waals surface area contributed by atoms with Crippen LogP contribution >= 0.6 is 0 Å². The number of para-hydroxylation sites is 3. The monoisotopic (exact) mass is 496 g/mol. The zero-order valence-corrected chi connectivity index (χ0v) is 21.0. The van der Waals surface area contributed by atoms with Gasteiger partial charge in [0, 0.05) is 33.5 Å². The zero-order chi connectivity index (χ0) is 25.7. The summed E-state index contributed by atoms with van der Waals surface area (Å²) >= 11 is 0. The Morgan fingerprint density at radius 2 is 1.13 bits per heavy atom. The molecule has 0 N–H and O–H groups in total. The molecule has 0 spiro atoms. The molecule has 7 aromatic rings. The van der Waals surface area contributed by atoms with E-state index in [0.29, 0.717) is 0 Å². The van der Waals surface area contributed by atoms with Gasteiger partial charge < -0.3 is 4.90 Å². The van der Waals surface area contributed by atoms with Crippen LogP contribution in [0.25, 0.3) is 38.1 Å². The minimum Gasteiger partial charge on any atom is -0.311 e. The van der Waals surface area contributed by atoms with Crippen LogP contribution in [0.1, 0.15) is 0 Å². The molecular formula is C35H21BN2O. The second kappa shape index (κ2) is 7.49. The first kappa shape index (κ1) is 20.9. The first-order valence-corrected chi connectivity index (χ1v) is 13.4. The van der Waals surface area contributed by atoms with Gasteiger partial charge in [0.05, 0.1) is 5.52 Å². The Balaban J connectivity index is 1.52. The largest absolute Gasteiger partial charge is 0.311 e. The first-order valence-electron chi connectivity index (χ1n) is 13.4. The molecule has 0 unspecified atom stereocenters. The van der Waals surface area contributed by atoms with Crippen LogP contribution in [0.2, 0.25) is 0 Å². The summed E-state index contributed by atoms with van der Waals surface area (Å²) in [6, 6.07) is 44.7. The molecule has 3 heterocycles. The van der Waals surface area contributed by atoms with Crippen molar-refractivity contribution in [2.24, 2.45) is 0 Å². The summed E-state index contributed by atoms with van der Waals surface area (Å²) in [6.07, 6.45) is 0. The molecule has 0 radical (unpaired) electrons. The normalized spacial score (nSPS) is 13.1. The third-order valence-electron chi connectivity index (χ3n) is 8.55. The SMILES string of the molecule is O=c1c2cc3ccccc3cc2c2ccc3c4c2n1-c1ccccc1B4c1ccccc1N3c1ccccc1. The highest BCUT2D eigenvalue weighted by atomic mass is 16.1. The minimum atomic E-state index is 0.0349. The second-order valence-corrected chi connectivity index (χ2v) is 10.5. The molecule has 3 nitrogen and oxygen atoms in total. The molecule has 180 valence electrons. The van der Waals surface area contributed by atoms with E-state index >= 15 is 0 Å². The zero-order valence-electron chi connectivity index (χ0n) is 21.0. The minimum absolute atomic E-state index is 0.0349. The van der Waals surface area contributed by atoms with Crippen molar-refractivity contribution >= 4 is 72.6 Å². The van der Waals surface area contributed by atoms with Crippen molar-refractivity contribution in [3.8, 4) is 5.69 Å². The van der Waals surface area contributed by atoms with Crippen molar-refractivity contribution in [3.63, 3.8) is 0 Å². The molecule has 0 amide bonds.